The lowest BCUT2D eigenvalue weighted by Gasteiger charge is -2.23. The normalized spacial score (nSPS) is 17.7. The summed E-state index contributed by atoms with van der Waals surface area (Å²) in [6.45, 7) is 0.178. The van der Waals surface area contributed by atoms with E-state index in [1.54, 1.807) is 0 Å². The average Bonchev–Trinajstić information content (AvgIpc) is 3.62. The lowest BCUT2D eigenvalue weighted by Crippen LogP contribution is -2.35. The van der Waals surface area contributed by atoms with Gasteiger partial charge in [0.25, 0.3) is 5.92 Å². The highest BCUT2D eigenvalue weighted by atomic mass is 35.5. The van der Waals surface area contributed by atoms with E-state index in [0.29, 0.717) is 16.3 Å². The average molecular weight is 900 g/mol. The zero-order valence-electron chi connectivity index (χ0n) is 31.8. The Bertz CT molecular complexity index is 2870. The second kappa shape index (κ2) is 14.8. The van der Waals surface area contributed by atoms with E-state index in [0.717, 1.165) is 29.3 Å². The Morgan fingerprint density at radius 3 is 2.32 bits per heavy atom. The summed E-state index contributed by atoms with van der Waals surface area (Å²) in [4.78, 5) is 18.5. The molecule has 1 fully saturated rings. The molecular formula is C38H33ClF7N7O5S2. The highest BCUT2D eigenvalue weighted by Gasteiger charge is 2.65. The first-order valence-corrected chi connectivity index (χ1v) is 22.0. The Hall–Kier alpha value is -5.20. The van der Waals surface area contributed by atoms with Gasteiger partial charge in [0.05, 0.1) is 40.1 Å². The molecule has 3 aromatic heterocycles. The largest absolute Gasteiger partial charge is 0.408 e. The number of anilines is 1. The van der Waals surface area contributed by atoms with Gasteiger partial charge in [-0.05, 0) is 74.4 Å². The Balaban J connectivity index is 1.44. The predicted molar refractivity (Wildman–Crippen MR) is 206 cm³/mol. The standard InChI is InChI=1S/C38H33ClF7N7O5S2/c1-36(2,59(3,55)56)10-9-22-5-6-23(24-7-8-28(39)31-33(24)53(18-37(42,43)44)50-35(31)51-60(4,57)58)32(48-22)29(13-19-11-20(40)14-21(41)12-19)49-30(54)17-52-34-26(16-47-52)25-15-27(25)38(34,45)46/h5-8,11-12,14,16,25,27,29H,13,15,17-18H2,1-4H3,(H,49,54)(H,50,51)/t25-,27-,29+/m1/s1. The zero-order valence-corrected chi connectivity index (χ0v) is 34.2. The van der Waals surface area contributed by atoms with Crippen molar-refractivity contribution in [1.82, 2.24) is 29.9 Å². The van der Waals surface area contributed by atoms with E-state index >= 15 is 8.78 Å². The Labute approximate surface area is 343 Å². The number of rotatable bonds is 11. The molecule has 0 saturated heterocycles. The maximum Gasteiger partial charge on any atom is 0.408 e. The van der Waals surface area contributed by atoms with Crippen LogP contribution in [0.15, 0.2) is 48.7 Å². The number of nitrogens with one attached hydrogen (secondary N) is 2. The van der Waals surface area contributed by atoms with Crippen molar-refractivity contribution in [2.45, 2.75) is 68.6 Å². The van der Waals surface area contributed by atoms with Gasteiger partial charge in [-0.3, -0.25) is 18.9 Å². The van der Waals surface area contributed by atoms with Crippen molar-refractivity contribution in [2.75, 3.05) is 17.2 Å². The van der Waals surface area contributed by atoms with Crippen molar-refractivity contribution >= 4 is 54.1 Å². The summed E-state index contributed by atoms with van der Waals surface area (Å²) in [6, 6.07) is 6.19. The minimum Gasteiger partial charge on any atom is -0.346 e. The fraction of sp³-hybridized carbons (Fsp3) is 0.368. The van der Waals surface area contributed by atoms with Gasteiger partial charge in [0.2, 0.25) is 15.9 Å². The maximum atomic E-state index is 15.3. The monoisotopic (exact) mass is 899 g/mol. The van der Waals surface area contributed by atoms with Gasteiger partial charge in [-0.25, -0.2) is 30.6 Å². The van der Waals surface area contributed by atoms with E-state index < -0.39 is 103 Å². The number of nitrogens with zero attached hydrogens (tertiary/aromatic N) is 5. The number of sulfone groups is 1. The summed E-state index contributed by atoms with van der Waals surface area (Å²) in [6.07, 6.45) is -2.12. The van der Waals surface area contributed by atoms with Crippen LogP contribution in [0.5, 0.6) is 0 Å². The number of carbonyl (C=O) groups is 1. The number of alkyl halides is 5. The summed E-state index contributed by atoms with van der Waals surface area (Å²) >= 11 is 6.49. The van der Waals surface area contributed by atoms with Gasteiger partial charge in [0, 0.05) is 34.9 Å². The first kappa shape index (κ1) is 42.9. The van der Waals surface area contributed by atoms with Crippen LogP contribution >= 0.6 is 11.6 Å². The van der Waals surface area contributed by atoms with Gasteiger partial charge in [-0.2, -0.15) is 32.1 Å². The number of hydrogen-bond donors (Lipinski definition) is 2. The molecule has 2 aliphatic carbocycles. The van der Waals surface area contributed by atoms with Gasteiger partial charge < -0.3 is 5.32 Å². The molecule has 7 rings (SSSR count). The van der Waals surface area contributed by atoms with Crippen molar-refractivity contribution in [3.05, 3.63) is 93.5 Å². The van der Waals surface area contributed by atoms with Crippen LogP contribution in [0, 0.1) is 29.4 Å². The highest BCUT2D eigenvalue weighted by Crippen LogP contribution is 2.66. The van der Waals surface area contributed by atoms with Crippen LogP contribution in [0.2, 0.25) is 5.02 Å². The topological polar surface area (TPSA) is 158 Å². The molecule has 2 aliphatic rings. The van der Waals surface area contributed by atoms with Gasteiger partial charge >= 0.3 is 6.18 Å². The van der Waals surface area contributed by atoms with E-state index in [9.17, 15) is 43.6 Å². The predicted octanol–water partition coefficient (Wildman–Crippen LogP) is 6.64. The number of sulfonamides is 1. The number of pyridine rings is 1. The van der Waals surface area contributed by atoms with Crippen molar-refractivity contribution in [3.63, 3.8) is 0 Å². The molecule has 2 N–H and O–H groups in total. The Kier molecular flexibility index (Phi) is 10.6. The van der Waals surface area contributed by atoms with Crippen molar-refractivity contribution in [3.8, 4) is 23.0 Å². The molecule has 1 amide bonds. The summed E-state index contributed by atoms with van der Waals surface area (Å²) in [5.41, 5.74) is -0.971. The Morgan fingerprint density at radius 1 is 1.02 bits per heavy atom. The first-order valence-electron chi connectivity index (χ1n) is 17.9. The summed E-state index contributed by atoms with van der Waals surface area (Å²) in [7, 11) is -7.90. The minimum atomic E-state index is -4.91. The second-order valence-electron chi connectivity index (χ2n) is 15.3. The van der Waals surface area contributed by atoms with E-state index in [4.69, 9.17) is 11.6 Å². The molecule has 5 aromatic rings. The minimum absolute atomic E-state index is 0.0464. The molecule has 0 radical (unpaired) electrons. The molecule has 0 unspecified atom stereocenters. The lowest BCUT2D eigenvalue weighted by molar-refractivity contribution is -0.141. The number of aromatic nitrogens is 5. The third kappa shape index (κ3) is 8.54. The van der Waals surface area contributed by atoms with Crippen molar-refractivity contribution < 1.29 is 52.4 Å². The van der Waals surface area contributed by atoms with Crippen LogP contribution in [0.1, 0.15) is 60.4 Å². The van der Waals surface area contributed by atoms with E-state index in [2.05, 4.69) is 37.1 Å². The molecule has 0 spiro atoms. The number of hydrogen-bond acceptors (Lipinski definition) is 8. The summed E-state index contributed by atoms with van der Waals surface area (Å²) < 4.78 is 153. The molecule has 60 heavy (non-hydrogen) atoms. The quantitative estimate of drug-likeness (QED) is 0.110. The third-order valence-corrected chi connectivity index (χ3v) is 13.1. The van der Waals surface area contributed by atoms with Crippen LogP contribution < -0.4 is 10.0 Å². The maximum absolute atomic E-state index is 15.3. The molecule has 2 aromatic carbocycles. The Morgan fingerprint density at radius 2 is 1.68 bits per heavy atom. The molecule has 0 aliphatic heterocycles. The number of benzene rings is 2. The van der Waals surface area contributed by atoms with E-state index in [1.807, 2.05) is 0 Å². The number of fused-ring (bicyclic) bond motifs is 4. The van der Waals surface area contributed by atoms with Gasteiger partial charge in [0.15, 0.2) is 15.7 Å². The number of carbonyl (C=O) groups excluding carboxylic acids is 1. The number of amides is 1. The van der Waals surface area contributed by atoms with Crippen molar-refractivity contribution in [1.29, 1.82) is 0 Å². The molecule has 1 saturated carbocycles. The molecular weight excluding hydrogens is 867 g/mol. The highest BCUT2D eigenvalue weighted by molar-refractivity contribution is 7.92. The van der Waals surface area contributed by atoms with Crippen LogP contribution in [-0.4, -0.2) is 70.7 Å². The van der Waals surface area contributed by atoms with Crippen LogP contribution in [-0.2, 0) is 50.1 Å². The second-order valence-corrected chi connectivity index (χ2v) is 20.0. The van der Waals surface area contributed by atoms with E-state index in [-0.39, 0.29) is 50.4 Å². The lowest BCUT2D eigenvalue weighted by atomic mass is 9.93. The fourth-order valence-corrected chi connectivity index (χ4v) is 8.17. The SMILES string of the molecule is CC(C)(C#Cc1ccc(-c2ccc(Cl)c3c(NS(C)(=O)=O)nn(CC(F)(F)F)c23)c([C@H](Cc2cc(F)cc(F)c2)NC(=O)Cn2ncc3c2C(F)(F)[C@@H]2C[C@H]32)n1)S(C)(=O)=O. The van der Waals surface area contributed by atoms with Crippen LogP contribution in [0.25, 0.3) is 22.0 Å². The van der Waals surface area contributed by atoms with Gasteiger partial charge in [0.1, 0.15) is 40.9 Å². The fourth-order valence-electron chi connectivity index (χ4n) is 7.20. The summed E-state index contributed by atoms with van der Waals surface area (Å²) in [5, 5.41) is 10.1. The summed E-state index contributed by atoms with van der Waals surface area (Å²) in [5.74, 6) is -2.78. The smallest absolute Gasteiger partial charge is 0.346 e. The molecule has 22 heteroatoms. The molecule has 0 bridgehead atoms. The molecule has 12 nitrogen and oxygen atoms in total. The van der Waals surface area contributed by atoms with E-state index in [1.165, 1.54) is 44.3 Å². The van der Waals surface area contributed by atoms with Crippen LogP contribution in [0.3, 0.4) is 0 Å². The molecule has 3 heterocycles. The van der Waals surface area contributed by atoms with Crippen molar-refractivity contribution in [2.24, 2.45) is 5.92 Å². The zero-order chi connectivity index (χ0) is 43.9. The third-order valence-electron chi connectivity index (χ3n) is 10.2. The first-order chi connectivity index (χ1) is 27.7. The molecule has 318 valence electrons. The van der Waals surface area contributed by atoms with Gasteiger partial charge in [-0.1, -0.05) is 23.6 Å². The number of halogens is 8. The van der Waals surface area contributed by atoms with Crippen LogP contribution in [0.4, 0.5) is 36.6 Å². The van der Waals surface area contributed by atoms with Gasteiger partial charge in [-0.15, -0.1) is 0 Å². The molecule has 3 atom stereocenters.